The summed E-state index contributed by atoms with van der Waals surface area (Å²) < 4.78 is 4.31. The van der Waals surface area contributed by atoms with Crippen LogP contribution in [-0.2, 0) is 9.53 Å². The van der Waals surface area contributed by atoms with E-state index in [1.54, 1.807) is 0 Å². The van der Waals surface area contributed by atoms with E-state index >= 15 is 0 Å². The molecule has 0 radical (unpaired) electrons. The van der Waals surface area contributed by atoms with E-state index in [1.165, 1.54) is 7.11 Å². The number of nitrogens with two attached hydrogens (primary N) is 1. The number of carboxylic acids is 1. The highest BCUT2D eigenvalue weighted by Gasteiger charge is 2.12. The first kappa shape index (κ1) is 11.6. The molecule has 0 saturated carbocycles. The second-order valence-electron chi connectivity index (χ2n) is 1.77. The molecular formula is C5H9NO4S2. The smallest absolute Gasteiger partial charge is 0.377 e. The van der Waals surface area contributed by atoms with Gasteiger partial charge in [-0.2, -0.15) is 0 Å². The average Bonchev–Trinajstić information content (AvgIpc) is 2.03. The molecule has 0 saturated heterocycles. The van der Waals surface area contributed by atoms with E-state index in [1.807, 2.05) is 0 Å². The molecule has 1 unspecified atom stereocenters. The number of rotatable bonds is 4. The first-order chi connectivity index (χ1) is 5.57. The number of methoxy groups -OCH3 is 1. The van der Waals surface area contributed by atoms with Gasteiger partial charge in [0.15, 0.2) is 0 Å². The molecule has 0 heterocycles. The molecule has 70 valence electrons. The van der Waals surface area contributed by atoms with E-state index in [0.717, 1.165) is 21.6 Å². The summed E-state index contributed by atoms with van der Waals surface area (Å²) >= 11 is 0. The number of aliphatic carboxylic acids is 1. The molecule has 3 N–H and O–H groups in total. The summed E-state index contributed by atoms with van der Waals surface area (Å²) in [6, 6.07) is -0.938. The fraction of sp³-hybridized carbons (Fsp3) is 0.600. The highest BCUT2D eigenvalue weighted by molar-refractivity contribution is 8.82. The largest absolute Gasteiger partial charge is 0.480 e. The molecule has 1 atom stereocenters. The van der Waals surface area contributed by atoms with Crippen molar-refractivity contribution in [2.24, 2.45) is 5.73 Å². The Morgan fingerprint density at radius 3 is 2.67 bits per heavy atom. The van der Waals surface area contributed by atoms with Crippen molar-refractivity contribution in [2.75, 3.05) is 12.9 Å². The van der Waals surface area contributed by atoms with Crippen LogP contribution in [0.15, 0.2) is 0 Å². The van der Waals surface area contributed by atoms with Gasteiger partial charge in [-0.15, -0.1) is 0 Å². The van der Waals surface area contributed by atoms with Gasteiger partial charge in [-0.1, -0.05) is 10.8 Å². The summed E-state index contributed by atoms with van der Waals surface area (Å²) in [6.45, 7) is 0. The topological polar surface area (TPSA) is 89.6 Å². The third-order valence-corrected chi connectivity index (χ3v) is 2.94. The third kappa shape index (κ3) is 5.28. The summed E-state index contributed by atoms with van der Waals surface area (Å²) in [7, 11) is 3.15. The normalized spacial score (nSPS) is 12.2. The van der Waals surface area contributed by atoms with Crippen LogP contribution in [0.1, 0.15) is 0 Å². The van der Waals surface area contributed by atoms with Gasteiger partial charge in [0, 0.05) is 16.5 Å². The summed E-state index contributed by atoms with van der Waals surface area (Å²) in [4.78, 5) is 20.7. The van der Waals surface area contributed by atoms with E-state index in [-0.39, 0.29) is 5.75 Å². The zero-order valence-electron chi connectivity index (χ0n) is 6.35. The first-order valence-electron chi connectivity index (χ1n) is 2.93. The lowest BCUT2D eigenvalue weighted by molar-refractivity contribution is -0.137. The van der Waals surface area contributed by atoms with Crippen molar-refractivity contribution < 1.29 is 19.4 Å². The number of carbonyl (C=O) groups is 2. The summed E-state index contributed by atoms with van der Waals surface area (Å²) in [5, 5.41) is 7.88. The Bertz CT molecular complexity index is 175. The van der Waals surface area contributed by atoms with Crippen molar-refractivity contribution in [1.82, 2.24) is 0 Å². The first-order valence-corrected chi connectivity index (χ1v) is 5.25. The highest BCUT2D eigenvalue weighted by Crippen LogP contribution is 2.23. The van der Waals surface area contributed by atoms with E-state index in [0.29, 0.717) is 0 Å². The molecular weight excluding hydrogens is 202 g/mol. The molecule has 0 bridgehead atoms. The molecule has 0 rings (SSSR count). The molecule has 0 aliphatic rings. The van der Waals surface area contributed by atoms with Crippen LogP contribution < -0.4 is 5.73 Å². The molecule has 12 heavy (non-hydrogen) atoms. The van der Waals surface area contributed by atoms with Crippen molar-refractivity contribution in [2.45, 2.75) is 6.04 Å². The van der Waals surface area contributed by atoms with Crippen LogP contribution in [-0.4, -0.2) is 35.3 Å². The van der Waals surface area contributed by atoms with Gasteiger partial charge < -0.3 is 15.6 Å². The minimum atomic E-state index is -1.08. The molecule has 5 nitrogen and oxygen atoms in total. The van der Waals surface area contributed by atoms with Crippen LogP contribution >= 0.6 is 21.6 Å². The molecule has 0 amide bonds. The van der Waals surface area contributed by atoms with E-state index in [4.69, 9.17) is 10.8 Å². The Kier molecular flexibility index (Phi) is 5.95. The molecule has 0 aromatic carbocycles. The molecule has 0 aliphatic heterocycles. The Morgan fingerprint density at radius 2 is 2.25 bits per heavy atom. The number of carbonyl (C=O) groups excluding carboxylic acids is 1. The fourth-order valence-corrected chi connectivity index (χ4v) is 1.92. The highest BCUT2D eigenvalue weighted by atomic mass is 33.1. The van der Waals surface area contributed by atoms with Crippen LogP contribution in [0.5, 0.6) is 0 Å². The predicted molar refractivity (Wildman–Crippen MR) is 48.1 cm³/mol. The van der Waals surface area contributed by atoms with Gasteiger partial charge in [-0.05, 0) is 0 Å². The Labute approximate surface area is 77.4 Å². The molecule has 7 heteroatoms. The zero-order chi connectivity index (χ0) is 9.56. The lowest BCUT2D eigenvalue weighted by Gasteiger charge is -2.03. The fourth-order valence-electron chi connectivity index (χ4n) is 0.261. The SMILES string of the molecule is COC(=O)SSCC(N)C(=O)O. The Hall–Kier alpha value is -0.400. The number of carboxylic acid groups (broad SMARTS) is 1. The quantitative estimate of drug-likeness (QED) is 0.518. The van der Waals surface area contributed by atoms with Gasteiger partial charge in [0.25, 0.3) is 0 Å². The number of hydrogen-bond donors (Lipinski definition) is 2. The van der Waals surface area contributed by atoms with Crippen LogP contribution in [0.4, 0.5) is 4.79 Å². The van der Waals surface area contributed by atoms with Gasteiger partial charge in [0.05, 0.1) is 7.11 Å². The van der Waals surface area contributed by atoms with E-state index in [9.17, 15) is 9.59 Å². The van der Waals surface area contributed by atoms with Gasteiger partial charge in [0.1, 0.15) is 6.04 Å². The molecule has 0 aromatic heterocycles. The summed E-state index contributed by atoms with van der Waals surface area (Å²) in [5.74, 6) is -0.900. The average molecular weight is 211 g/mol. The minimum Gasteiger partial charge on any atom is -0.480 e. The maximum absolute atomic E-state index is 10.5. The van der Waals surface area contributed by atoms with Crippen molar-refractivity contribution in [3.63, 3.8) is 0 Å². The maximum Gasteiger partial charge on any atom is 0.377 e. The van der Waals surface area contributed by atoms with Crippen molar-refractivity contribution in [3.8, 4) is 0 Å². The van der Waals surface area contributed by atoms with E-state index < -0.39 is 17.3 Å². The van der Waals surface area contributed by atoms with Gasteiger partial charge in [0.2, 0.25) is 0 Å². The van der Waals surface area contributed by atoms with Crippen LogP contribution in [0.3, 0.4) is 0 Å². The summed E-state index contributed by atoms with van der Waals surface area (Å²) in [6.07, 6.45) is 0. The molecule has 0 aromatic rings. The zero-order valence-corrected chi connectivity index (χ0v) is 7.98. The Balaban J connectivity index is 3.43. The second-order valence-corrected chi connectivity index (χ2v) is 4.04. The third-order valence-electron chi connectivity index (χ3n) is 0.858. The monoisotopic (exact) mass is 211 g/mol. The van der Waals surface area contributed by atoms with Crippen molar-refractivity contribution in [3.05, 3.63) is 0 Å². The van der Waals surface area contributed by atoms with Gasteiger partial charge in [-0.3, -0.25) is 4.79 Å². The minimum absolute atomic E-state index is 0.176. The van der Waals surface area contributed by atoms with E-state index in [2.05, 4.69) is 4.74 Å². The Morgan fingerprint density at radius 1 is 1.67 bits per heavy atom. The molecule has 0 aliphatic carbocycles. The maximum atomic E-state index is 10.5. The van der Waals surface area contributed by atoms with Crippen molar-refractivity contribution in [1.29, 1.82) is 0 Å². The number of hydrogen-bond acceptors (Lipinski definition) is 6. The molecule has 0 fully saturated rings. The number of ether oxygens (including phenoxy) is 1. The second kappa shape index (κ2) is 6.15. The predicted octanol–water partition coefficient (Wildman–Crippen LogP) is 0.546. The van der Waals surface area contributed by atoms with Gasteiger partial charge >= 0.3 is 11.3 Å². The van der Waals surface area contributed by atoms with Gasteiger partial charge in [-0.25, -0.2) is 4.79 Å². The lowest BCUT2D eigenvalue weighted by Crippen LogP contribution is -2.32. The summed E-state index contributed by atoms with van der Waals surface area (Å²) in [5.41, 5.74) is 5.16. The standard InChI is InChI=1S/C5H9NO4S2/c1-10-5(9)12-11-2-3(6)4(7)8/h3H,2,6H2,1H3,(H,7,8). The van der Waals surface area contributed by atoms with Crippen molar-refractivity contribution >= 4 is 32.9 Å². The lowest BCUT2D eigenvalue weighted by atomic mass is 10.4. The van der Waals surface area contributed by atoms with Crippen LogP contribution in [0, 0.1) is 0 Å². The molecule has 0 spiro atoms. The van der Waals surface area contributed by atoms with Crippen LogP contribution in [0.2, 0.25) is 0 Å². The van der Waals surface area contributed by atoms with Crippen LogP contribution in [0.25, 0.3) is 0 Å².